The number of carbonyl (C=O) groups is 3. The molecule has 0 aromatic heterocycles. The van der Waals surface area contributed by atoms with Crippen LogP contribution >= 0.6 is 0 Å². The van der Waals surface area contributed by atoms with Gasteiger partial charge in [-0.1, -0.05) is 79.7 Å². The second-order valence-electron chi connectivity index (χ2n) is 10.7. The molecule has 1 fully saturated rings. The molecule has 41 heavy (non-hydrogen) atoms. The molecule has 2 unspecified atom stereocenters. The number of piperazine rings is 1. The van der Waals surface area contributed by atoms with Crippen LogP contribution in [0.1, 0.15) is 36.5 Å². The smallest absolute Gasteiger partial charge is 0.245 e. The van der Waals surface area contributed by atoms with Gasteiger partial charge in [0.05, 0.1) is 0 Å². The predicted molar refractivity (Wildman–Crippen MR) is 159 cm³/mol. The molecule has 1 heterocycles. The minimum atomic E-state index is -0.705. The van der Waals surface area contributed by atoms with Crippen molar-refractivity contribution in [1.82, 2.24) is 15.1 Å². The van der Waals surface area contributed by atoms with Gasteiger partial charge in [-0.25, -0.2) is 0 Å². The van der Waals surface area contributed by atoms with Crippen LogP contribution in [0.4, 0.5) is 0 Å². The van der Waals surface area contributed by atoms with E-state index >= 15 is 0 Å². The van der Waals surface area contributed by atoms with E-state index in [1.807, 2.05) is 77.7 Å². The Bertz CT molecular complexity index is 1260. The molecule has 216 valence electrons. The van der Waals surface area contributed by atoms with Crippen molar-refractivity contribution < 1.29 is 19.1 Å². The van der Waals surface area contributed by atoms with Crippen LogP contribution < -0.4 is 15.8 Å². The first-order chi connectivity index (χ1) is 19.9. The normalized spacial score (nSPS) is 15.1. The van der Waals surface area contributed by atoms with Crippen LogP contribution in [0.15, 0.2) is 84.9 Å². The van der Waals surface area contributed by atoms with Gasteiger partial charge in [0.1, 0.15) is 18.4 Å². The summed E-state index contributed by atoms with van der Waals surface area (Å²) in [5.41, 5.74) is 8.60. The van der Waals surface area contributed by atoms with Gasteiger partial charge in [-0.05, 0) is 35.2 Å². The quantitative estimate of drug-likeness (QED) is 0.335. The Morgan fingerprint density at radius 3 is 2.05 bits per heavy atom. The van der Waals surface area contributed by atoms with Crippen molar-refractivity contribution in [3.05, 3.63) is 102 Å². The zero-order valence-electron chi connectivity index (χ0n) is 23.7. The van der Waals surface area contributed by atoms with Crippen LogP contribution in [0.2, 0.25) is 0 Å². The molecule has 3 aromatic carbocycles. The Morgan fingerprint density at radius 2 is 1.44 bits per heavy atom. The van der Waals surface area contributed by atoms with E-state index in [1.54, 1.807) is 6.92 Å². The zero-order valence-corrected chi connectivity index (χ0v) is 23.7. The first-order valence-electron chi connectivity index (χ1n) is 14.3. The summed E-state index contributed by atoms with van der Waals surface area (Å²) < 4.78 is 5.90. The lowest BCUT2D eigenvalue weighted by molar-refractivity contribution is -0.138. The van der Waals surface area contributed by atoms with Gasteiger partial charge in [0, 0.05) is 51.5 Å². The number of hydrogen-bond donors (Lipinski definition) is 2. The molecule has 3 N–H and O–H groups in total. The van der Waals surface area contributed by atoms with E-state index < -0.39 is 17.9 Å². The summed E-state index contributed by atoms with van der Waals surface area (Å²) in [6, 6.07) is 27.2. The minimum Gasteiger partial charge on any atom is -0.489 e. The lowest BCUT2D eigenvalue weighted by Gasteiger charge is -2.36. The maximum Gasteiger partial charge on any atom is 0.245 e. The average molecular weight is 557 g/mol. The molecule has 0 spiro atoms. The fourth-order valence-corrected chi connectivity index (χ4v) is 4.84. The summed E-state index contributed by atoms with van der Waals surface area (Å²) in [7, 11) is 0. The van der Waals surface area contributed by atoms with E-state index in [1.165, 1.54) is 5.56 Å². The second-order valence-corrected chi connectivity index (χ2v) is 10.7. The highest BCUT2D eigenvalue weighted by Gasteiger charge is 2.29. The molecule has 3 amide bonds. The van der Waals surface area contributed by atoms with Crippen LogP contribution in [0.3, 0.4) is 0 Å². The van der Waals surface area contributed by atoms with Crippen molar-refractivity contribution in [2.45, 2.75) is 45.4 Å². The van der Waals surface area contributed by atoms with E-state index in [-0.39, 0.29) is 18.2 Å². The molecule has 1 saturated heterocycles. The monoisotopic (exact) mass is 556 g/mol. The highest BCUT2D eigenvalue weighted by Crippen LogP contribution is 2.17. The zero-order chi connectivity index (χ0) is 29.0. The molecule has 3 aromatic rings. The fraction of sp³-hybridized carbons (Fsp3) is 0.364. The van der Waals surface area contributed by atoms with Gasteiger partial charge in [-0.2, -0.15) is 0 Å². The van der Waals surface area contributed by atoms with E-state index in [2.05, 4.69) is 22.3 Å². The summed E-state index contributed by atoms with van der Waals surface area (Å²) in [4.78, 5) is 42.1. The van der Waals surface area contributed by atoms with E-state index in [0.29, 0.717) is 32.5 Å². The van der Waals surface area contributed by atoms with Crippen molar-refractivity contribution in [3.8, 4) is 5.75 Å². The molecule has 0 aliphatic carbocycles. The molecule has 4 rings (SSSR count). The predicted octanol–water partition coefficient (Wildman–Crippen LogP) is 3.54. The number of nitrogens with two attached hydrogens (primary N) is 1. The Morgan fingerprint density at radius 1 is 0.829 bits per heavy atom. The van der Waals surface area contributed by atoms with Gasteiger partial charge in [0.25, 0.3) is 0 Å². The maximum atomic E-state index is 13.7. The molecule has 0 radical (unpaired) electrons. The fourth-order valence-electron chi connectivity index (χ4n) is 4.84. The van der Waals surface area contributed by atoms with Crippen LogP contribution in [0.5, 0.6) is 5.75 Å². The van der Waals surface area contributed by atoms with Gasteiger partial charge >= 0.3 is 0 Å². The van der Waals surface area contributed by atoms with Crippen LogP contribution in [0.25, 0.3) is 0 Å². The molecule has 0 bridgehead atoms. The van der Waals surface area contributed by atoms with Gasteiger partial charge in [0.15, 0.2) is 0 Å². The van der Waals surface area contributed by atoms with Gasteiger partial charge < -0.3 is 20.7 Å². The first kappa shape index (κ1) is 29.8. The van der Waals surface area contributed by atoms with Gasteiger partial charge in [0.2, 0.25) is 17.7 Å². The molecule has 1 aliphatic rings. The molecular weight excluding hydrogens is 516 g/mol. The maximum absolute atomic E-state index is 13.7. The average Bonchev–Trinajstić information content (AvgIpc) is 3.00. The van der Waals surface area contributed by atoms with E-state index in [9.17, 15) is 14.4 Å². The third-order valence-corrected chi connectivity index (χ3v) is 7.47. The van der Waals surface area contributed by atoms with E-state index in [4.69, 9.17) is 10.5 Å². The Kier molecular flexibility index (Phi) is 10.9. The summed E-state index contributed by atoms with van der Waals surface area (Å²) in [5, 5.41) is 2.94. The SMILES string of the molecule is CC(CCC(=O)NC(Cc1ccc(OCc2ccccc2)cc1)C(=O)N1CCN(Cc2ccccc2)CC1)C(N)=O. The summed E-state index contributed by atoms with van der Waals surface area (Å²) in [6.45, 7) is 5.76. The molecule has 2 atom stereocenters. The van der Waals surface area contributed by atoms with Gasteiger partial charge in [-0.15, -0.1) is 0 Å². The molecular formula is C33H40N4O4. The second kappa shape index (κ2) is 15.0. The Labute approximate surface area is 242 Å². The number of amides is 3. The Hall–Kier alpha value is -4.17. The Balaban J connectivity index is 1.37. The van der Waals surface area contributed by atoms with Crippen molar-refractivity contribution in [2.24, 2.45) is 11.7 Å². The van der Waals surface area contributed by atoms with Gasteiger partial charge in [-0.3, -0.25) is 19.3 Å². The van der Waals surface area contributed by atoms with Crippen molar-refractivity contribution in [3.63, 3.8) is 0 Å². The lowest BCUT2D eigenvalue weighted by atomic mass is 10.0. The first-order valence-corrected chi connectivity index (χ1v) is 14.3. The summed E-state index contributed by atoms with van der Waals surface area (Å²) in [6.07, 6.45) is 0.831. The molecule has 1 aliphatic heterocycles. The highest BCUT2D eigenvalue weighted by atomic mass is 16.5. The number of benzene rings is 3. The number of carbonyl (C=O) groups excluding carboxylic acids is 3. The third kappa shape index (κ3) is 9.46. The lowest BCUT2D eigenvalue weighted by Crippen LogP contribution is -2.55. The number of rotatable bonds is 13. The topological polar surface area (TPSA) is 105 Å². The number of ether oxygens (including phenoxy) is 1. The highest BCUT2D eigenvalue weighted by molar-refractivity contribution is 5.88. The molecule has 8 nitrogen and oxygen atoms in total. The number of nitrogens with one attached hydrogen (secondary N) is 1. The van der Waals surface area contributed by atoms with Crippen molar-refractivity contribution in [1.29, 1.82) is 0 Å². The van der Waals surface area contributed by atoms with Crippen molar-refractivity contribution in [2.75, 3.05) is 26.2 Å². The standard InChI is InChI=1S/C33H40N4O4/c1-25(32(34)39)12-17-31(38)35-30(22-26-13-15-29(16-14-26)41-24-28-10-6-3-7-11-28)33(40)37-20-18-36(19-21-37)23-27-8-4-2-5-9-27/h2-11,13-16,25,30H,12,17-24H2,1H3,(H2,34,39)(H,35,38). The third-order valence-electron chi connectivity index (χ3n) is 7.47. The van der Waals surface area contributed by atoms with Crippen molar-refractivity contribution >= 4 is 17.7 Å². The minimum absolute atomic E-state index is 0.0925. The van der Waals surface area contributed by atoms with Crippen LogP contribution in [-0.4, -0.2) is 59.7 Å². The summed E-state index contributed by atoms with van der Waals surface area (Å²) >= 11 is 0. The summed E-state index contributed by atoms with van der Waals surface area (Å²) in [5.74, 6) is -0.462. The molecule has 8 heteroatoms. The van der Waals surface area contributed by atoms with E-state index in [0.717, 1.165) is 36.5 Å². The molecule has 0 saturated carbocycles. The van der Waals surface area contributed by atoms with Crippen LogP contribution in [-0.2, 0) is 34.0 Å². The largest absolute Gasteiger partial charge is 0.489 e. The number of primary amides is 1. The number of hydrogen-bond acceptors (Lipinski definition) is 5. The van der Waals surface area contributed by atoms with Crippen LogP contribution in [0, 0.1) is 5.92 Å². The number of nitrogens with zero attached hydrogens (tertiary/aromatic N) is 2.